The Kier molecular flexibility index (Phi) is 3.72. The third kappa shape index (κ3) is 1.91. The first-order valence-electron chi connectivity index (χ1n) is 2.86. The highest BCUT2D eigenvalue weighted by atomic mass is 16.3. The van der Waals surface area contributed by atoms with E-state index in [1.165, 1.54) is 0 Å². The molecule has 0 saturated heterocycles. The Morgan fingerprint density at radius 3 is 1.33 bits per heavy atom. The smallest absolute Gasteiger partial charge is 0.0533 e. The second kappa shape index (κ2) is 3.79. The molecule has 0 saturated carbocycles. The largest absolute Gasteiger partial charge is 0.396 e. The van der Waals surface area contributed by atoms with Crippen molar-refractivity contribution in [2.24, 2.45) is 16.9 Å². The molecule has 9 heavy (non-hydrogen) atoms. The van der Waals surface area contributed by atoms with Crippen molar-refractivity contribution < 1.29 is 10.2 Å². The molecule has 0 aromatic heterocycles. The van der Waals surface area contributed by atoms with Gasteiger partial charge in [0.1, 0.15) is 0 Å². The van der Waals surface area contributed by atoms with Crippen LogP contribution in [0, 0.1) is 5.41 Å². The van der Waals surface area contributed by atoms with Gasteiger partial charge in [0, 0.05) is 18.5 Å². The van der Waals surface area contributed by atoms with E-state index in [1.807, 2.05) is 0 Å². The zero-order chi connectivity index (χ0) is 7.33. The molecule has 6 N–H and O–H groups in total. The lowest BCUT2D eigenvalue weighted by atomic mass is 9.91. The van der Waals surface area contributed by atoms with E-state index < -0.39 is 5.41 Å². The Morgan fingerprint density at radius 2 is 1.33 bits per heavy atom. The second-order valence-corrected chi connectivity index (χ2v) is 2.22. The molecular formula is C5H14N2O2. The van der Waals surface area contributed by atoms with Crippen LogP contribution in [0.25, 0.3) is 0 Å². The maximum atomic E-state index is 8.66. The molecule has 0 aromatic rings. The summed E-state index contributed by atoms with van der Waals surface area (Å²) in [6, 6.07) is 0. The average Bonchev–Trinajstić information content (AvgIpc) is 1.95. The Labute approximate surface area is 54.5 Å². The number of nitrogens with two attached hydrogens (primary N) is 2. The van der Waals surface area contributed by atoms with Gasteiger partial charge in [-0.2, -0.15) is 0 Å². The summed E-state index contributed by atoms with van der Waals surface area (Å²) in [5.41, 5.74) is 9.81. The maximum Gasteiger partial charge on any atom is 0.0533 e. The monoisotopic (exact) mass is 134 g/mol. The number of aliphatic hydroxyl groups excluding tert-OH is 2. The standard InChI is InChI=1S/C5H14N2O2/c6-1-5(2-7,3-8)4-9/h8-9H,1-4,6-7H2. The lowest BCUT2D eigenvalue weighted by Gasteiger charge is -2.25. The Hall–Kier alpha value is -0.160. The molecule has 0 aliphatic rings. The van der Waals surface area contributed by atoms with Crippen molar-refractivity contribution in [1.29, 1.82) is 0 Å². The lowest BCUT2D eigenvalue weighted by molar-refractivity contribution is 0.0688. The van der Waals surface area contributed by atoms with Crippen LogP contribution in [-0.2, 0) is 0 Å². The van der Waals surface area contributed by atoms with E-state index in [4.69, 9.17) is 21.7 Å². The predicted octanol–water partition coefficient (Wildman–Crippen LogP) is -2.13. The van der Waals surface area contributed by atoms with Gasteiger partial charge < -0.3 is 21.7 Å². The summed E-state index contributed by atoms with van der Waals surface area (Å²) in [5, 5.41) is 17.3. The first kappa shape index (κ1) is 8.84. The van der Waals surface area contributed by atoms with Crippen LogP contribution >= 0.6 is 0 Å². The first-order chi connectivity index (χ1) is 4.24. The maximum absolute atomic E-state index is 8.66. The molecule has 56 valence electrons. The fourth-order valence-corrected chi connectivity index (χ4v) is 0.392. The molecule has 0 spiro atoms. The van der Waals surface area contributed by atoms with E-state index >= 15 is 0 Å². The van der Waals surface area contributed by atoms with Gasteiger partial charge in [-0.05, 0) is 0 Å². The summed E-state index contributed by atoms with van der Waals surface area (Å²) in [7, 11) is 0. The molecule has 0 bridgehead atoms. The zero-order valence-corrected chi connectivity index (χ0v) is 5.38. The SMILES string of the molecule is NCC(CN)(CO)CO. The minimum absolute atomic E-state index is 0.156. The van der Waals surface area contributed by atoms with Gasteiger partial charge in [-0.3, -0.25) is 0 Å². The van der Waals surface area contributed by atoms with Gasteiger partial charge in [0.05, 0.1) is 13.2 Å². The van der Waals surface area contributed by atoms with Crippen molar-refractivity contribution in [3.8, 4) is 0 Å². The van der Waals surface area contributed by atoms with E-state index in [1.54, 1.807) is 0 Å². The van der Waals surface area contributed by atoms with Crippen LogP contribution in [-0.4, -0.2) is 36.5 Å². The Bertz CT molecular complexity index is 55.8. The van der Waals surface area contributed by atoms with Crippen LogP contribution in [0.1, 0.15) is 0 Å². The van der Waals surface area contributed by atoms with Crippen molar-refractivity contribution in [3.63, 3.8) is 0 Å². The van der Waals surface area contributed by atoms with E-state index in [2.05, 4.69) is 0 Å². The second-order valence-electron chi connectivity index (χ2n) is 2.22. The molecule has 0 rings (SSSR count). The molecule has 0 aliphatic heterocycles. The molecular weight excluding hydrogens is 120 g/mol. The van der Waals surface area contributed by atoms with E-state index in [0.29, 0.717) is 0 Å². The molecule has 0 radical (unpaired) electrons. The van der Waals surface area contributed by atoms with Gasteiger partial charge in [-0.15, -0.1) is 0 Å². The summed E-state index contributed by atoms with van der Waals surface area (Å²) < 4.78 is 0. The van der Waals surface area contributed by atoms with Crippen molar-refractivity contribution in [3.05, 3.63) is 0 Å². The van der Waals surface area contributed by atoms with E-state index in [0.717, 1.165) is 0 Å². The quantitative estimate of drug-likeness (QED) is 0.353. The molecule has 4 nitrogen and oxygen atoms in total. The predicted molar refractivity (Wildman–Crippen MR) is 34.7 cm³/mol. The summed E-state index contributed by atoms with van der Waals surface area (Å²) in [4.78, 5) is 0. The third-order valence-corrected chi connectivity index (χ3v) is 1.54. The van der Waals surface area contributed by atoms with Crippen LogP contribution < -0.4 is 11.5 Å². The lowest BCUT2D eigenvalue weighted by Crippen LogP contribution is -2.44. The first-order valence-corrected chi connectivity index (χ1v) is 2.86. The highest BCUT2D eigenvalue weighted by Crippen LogP contribution is 2.09. The summed E-state index contributed by atoms with van der Waals surface area (Å²) in [6.45, 7) is 0.125. The van der Waals surface area contributed by atoms with Gasteiger partial charge in [0.2, 0.25) is 0 Å². The van der Waals surface area contributed by atoms with Gasteiger partial charge in [-0.25, -0.2) is 0 Å². The molecule has 0 atom stereocenters. The fourth-order valence-electron chi connectivity index (χ4n) is 0.392. The van der Waals surface area contributed by atoms with Crippen LogP contribution in [0.15, 0.2) is 0 Å². The van der Waals surface area contributed by atoms with Crippen molar-refractivity contribution >= 4 is 0 Å². The molecule has 0 fully saturated rings. The van der Waals surface area contributed by atoms with Gasteiger partial charge in [0.25, 0.3) is 0 Å². The Morgan fingerprint density at radius 1 is 1.00 bits per heavy atom. The topological polar surface area (TPSA) is 92.5 Å². The zero-order valence-electron chi connectivity index (χ0n) is 5.38. The van der Waals surface area contributed by atoms with Gasteiger partial charge >= 0.3 is 0 Å². The summed E-state index contributed by atoms with van der Waals surface area (Å²) in [5.74, 6) is 0. The Balaban J connectivity index is 3.82. The van der Waals surface area contributed by atoms with Crippen molar-refractivity contribution in [2.75, 3.05) is 26.3 Å². The molecule has 0 amide bonds. The summed E-state index contributed by atoms with van der Waals surface area (Å²) in [6.07, 6.45) is 0. The molecule has 4 heteroatoms. The minimum atomic E-state index is -0.667. The number of rotatable bonds is 4. The number of aliphatic hydroxyl groups is 2. The number of hydrogen-bond donors (Lipinski definition) is 4. The average molecular weight is 134 g/mol. The molecule has 0 heterocycles. The van der Waals surface area contributed by atoms with Gasteiger partial charge in [-0.1, -0.05) is 0 Å². The fraction of sp³-hybridized carbons (Fsp3) is 1.00. The van der Waals surface area contributed by atoms with Crippen molar-refractivity contribution in [1.82, 2.24) is 0 Å². The molecule has 0 aromatic carbocycles. The third-order valence-electron chi connectivity index (χ3n) is 1.54. The summed E-state index contributed by atoms with van der Waals surface area (Å²) >= 11 is 0. The van der Waals surface area contributed by atoms with Crippen LogP contribution in [0.5, 0.6) is 0 Å². The van der Waals surface area contributed by atoms with Crippen LogP contribution in [0.4, 0.5) is 0 Å². The highest BCUT2D eigenvalue weighted by Gasteiger charge is 2.24. The van der Waals surface area contributed by atoms with E-state index in [-0.39, 0.29) is 26.3 Å². The van der Waals surface area contributed by atoms with Gasteiger partial charge in [0.15, 0.2) is 0 Å². The van der Waals surface area contributed by atoms with Crippen molar-refractivity contribution in [2.45, 2.75) is 0 Å². The normalized spacial score (nSPS) is 12.0. The number of hydrogen-bond acceptors (Lipinski definition) is 4. The molecule has 0 aliphatic carbocycles. The highest BCUT2D eigenvalue weighted by molar-refractivity contribution is 4.79. The van der Waals surface area contributed by atoms with E-state index in [9.17, 15) is 0 Å². The van der Waals surface area contributed by atoms with Crippen LogP contribution in [0.2, 0.25) is 0 Å². The minimum Gasteiger partial charge on any atom is -0.396 e. The molecule has 0 unspecified atom stereocenters. The van der Waals surface area contributed by atoms with Crippen LogP contribution in [0.3, 0.4) is 0 Å².